The third kappa shape index (κ3) is 1.00. The molecule has 0 aromatic carbocycles. The SMILES string of the molecule is CN1CCC(C=O)(C(F)F)C1=O. The Hall–Kier alpha value is -1.00. The lowest BCUT2D eigenvalue weighted by Gasteiger charge is -2.18. The fraction of sp³-hybridized carbons (Fsp3) is 0.714. The van der Waals surface area contributed by atoms with Crippen molar-refractivity contribution in [2.75, 3.05) is 13.6 Å². The van der Waals surface area contributed by atoms with Crippen LogP contribution in [0.4, 0.5) is 8.78 Å². The summed E-state index contributed by atoms with van der Waals surface area (Å²) >= 11 is 0. The lowest BCUT2D eigenvalue weighted by molar-refractivity contribution is -0.147. The average Bonchev–Trinajstić information content (AvgIpc) is 2.31. The summed E-state index contributed by atoms with van der Waals surface area (Å²) in [4.78, 5) is 22.7. The van der Waals surface area contributed by atoms with Crippen LogP contribution >= 0.6 is 0 Å². The van der Waals surface area contributed by atoms with Crippen molar-refractivity contribution in [1.29, 1.82) is 0 Å². The maximum Gasteiger partial charge on any atom is 0.259 e. The Morgan fingerprint density at radius 2 is 2.25 bits per heavy atom. The molecule has 0 bridgehead atoms. The van der Waals surface area contributed by atoms with E-state index in [1.54, 1.807) is 0 Å². The van der Waals surface area contributed by atoms with Gasteiger partial charge >= 0.3 is 0 Å². The highest BCUT2D eigenvalue weighted by Gasteiger charge is 2.52. The van der Waals surface area contributed by atoms with Gasteiger partial charge in [-0.05, 0) is 6.42 Å². The molecule has 1 fully saturated rings. The second-order valence-electron chi connectivity index (χ2n) is 2.94. The van der Waals surface area contributed by atoms with E-state index in [0.717, 1.165) is 4.90 Å². The van der Waals surface area contributed by atoms with Gasteiger partial charge in [0.2, 0.25) is 5.91 Å². The molecule has 1 heterocycles. The predicted molar refractivity (Wildman–Crippen MR) is 36.8 cm³/mol. The molecule has 3 nitrogen and oxygen atoms in total. The summed E-state index contributed by atoms with van der Waals surface area (Å²) in [5.74, 6) is -0.771. The molecule has 0 radical (unpaired) electrons. The number of carbonyl (C=O) groups excluding carboxylic acids is 2. The number of likely N-dealkylation sites (tertiary alicyclic amines) is 1. The number of hydrogen-bond acceptors (Lipinski definition) is 2. The molecule has 1 atom stereocenters. The van der Waals surface area contributed by atoms with E-state index in [9.17, 15) is 18.4 Å². The lowest BCUT2D eigenvalue weighted by Crippen LogP contribution is -2.39. The first-order chi connectivity index (χ1) is 5.54. The Morgan fingerprint density at radius 1 is 1.67 bits per heavy atom. The molecule has 1 unspecified atom stereocenters. The van der Waals surface area contributed by atoms with Gasteiger partial charge in [0, 0.05) is 13.6 Å². The summed E-state index contributed by atoms with van der Waals surface area (Å²) in [6.07, 6.45) is -2.90. The molecular formula is C7H9F2NO2. The molecule has 0 N–H and O–H groups in total. The Bertz CT molecular complexity index is 219. The van der Waals surface area contributed by atoms with E-state index in [1.807, 2.05) is 0 Å². The molecule has 0 saturated carbocycles. The van der Waals surface area contributed by atoms with E-state index < -0.39 is 17.7 Å². The predicted octanol–water partition coefficient (Wildman–Crippen LogP) is 0.299. The number of rotatable bonds is 2. The summed E-state index contributed by atoms with van der Waals surface area (Å²) in [7, 11) is 1.41. The van der Waals surface area contributed by atoms with Crippen LogP contribution in [0.1, 0.15) is 6.42 Å². The first kappa shape index (κ1) is 9.09. The van der Waals surface area contributed by atoms with Crippen molar-refractivity contribution >= 4 is 12.2 Å². The maximum absolute atomic E-state index is 12.3. The van der Waals surface area contributed by atoms with Gasteiger partial charge < -0.3 is 9.69 Å². The largest absolute Gasteiger partial charge is 0.345 e. The monoisotopic (exact) mass is 177 g/mol. The number of aldehydes is 1. The number of amides is 1. The van der Waals surface area contributed by atoms with Crippen molar-refractivity contribution in [3.8, 4) is 0 Å². The standard InChI is InChI=1S/C7H9F2NO2/c1-10-3-2-7(4-11,5(8)9)6(10)12/h4-5H,2-3H2,1H3. The summed E-state index contributed by atoms with van der Waals surface area (Å²) in [6.45, 7) is 0.224. The van der Waals surface area contributed by atoms with E-state index in [4.69, 9.17) is 0 Å². The summed E-state index contributed by atoms with van der Waals surface area (Å²) in [5.41, 5.74) is -2.06. The van der Waals surface area contributed by atoms with E-state index in [2.05, 4.69) is 0 Å². The van der Waals surface area contributed by atoms with Gasteiger partial charge in [-0.15, -0.1) is 0 Å². The fourth-order valence-electron chi connectivity index (χ4n) is 1.28. The van der Waals surface area contributed by atoms with Crippen molar-refractivity contribution in [1.82, 2.24) is 4.90 Å². The van der Waals surface area contributed by atoms with Crippen LogP contribution in [0.15, 0.2) is 0 Å². The summed E-state index contributed by atoms with van der Waals surface area (Å²) < 4.78 is 24.7. The minimum absolute atomic E-state index is 0.0729. The molecule has 1 saturated heterocycles. The van der Waals surface area contributed by atoms with Gasteiger partial charge in [0.25, 0.3) is 6.43 Å². The highest BCUT2D eigenvalue weighted by Crippen LogP contribution is 2.35. The number of halogens is 2. The molecule has 1 aliphatic heterocycles. The van der Waals surface area contributed by atoms with Gasteiger partial charge in [-0.25, -0.2) is 8.78 Å². The first-order valence-corrected chi connectivity index (χ1v) is 3.54. The van der Waals surface area contributed by atoms with Gasteiger partial charge in [0.1, 0.15) is 6.29 Å². The van der Waals surface area contributed by atoms with Gasteiger partial charge in [0.15, 0.2) is 5.41 Å². The smallest absolute Gasteiger partial charge is 0.259 e. The molecule has 5 heteroatoms. The van der Waals surface area contributed by atoms with Crippen molar-refractivity contribution in [3.63, 3.8) is 0 Å². The number of alkyl halides is 2. The van der Waals surface area contributed by atoms with Crippen LogP contribution < -0.4 is 0 Å². The highest BCUT2D eigenvalue weighted by atomic mass is 19.3. The van der Waals surface area contributed by atoms with Gasteiger partial charge in [-0.2, -0.15) is 0 Å². The van der Waals surface area contributed by atoms with Gasteiger partial charge in [-0.3, -0.25) is 4.79 Å². The second-order valence-corrected chi connectivity index (χ2v) is 2.94. The molecule has 0 aromatic heterocycles. The van der Waals surface area contributed by atoms with Gasteiger partial charge in [0.05, 0.1) is 0 Å². The Balaban J connectivity index is 2.96. The highest BCUT2D eigenvalue weighted by molar-refractivity contribution is 5.98. The molecule has 1 amide bonds. The number of nitrogens with zero attached hydrogens (tertiary/aromatic N) is 1. The summed E-state index contributed by atoms with van der Waals surface area (Å²) in [5, 5.41) is 0. The minimum Gasteiger partial charge on any atom is -0.345 e. The lowest BCUT2D eigenvalue weighted by atomic mass is 9.89. The van der Waals surface area contributed by atoms with Crippen LogP contribution in [0.2, 0.25) is 0 Å². The normalized spacial score (nSPS) is 30.0. The Morgan fingerprint density at radius 3 is 2.42 bits per heavy atom. The Kier molecular flexibility index (Phi) is 2.12. The molecule has 1 aliphatic rings. The maximum atomic E-state index is 12.3. The molecule has 12 heavy (non-hydrogen) atoms. The topological polar surface area (TPSA) is 37.4 Å². The fourth-order valence-corrected chi connectivity index (χ4v) is 1.28. The van der Waals surface area contributed by atoms with Crippen LogP contribution in [-0.2, 0) is 9.59 Å². The summed E-state index contributed by atoms with van der Waals surface area (Å²) in [6, 6.07) is 0. The van der Waals surface area contributed by atoms with Crippen LogP contribution in [0.5, 0.6) is 0 Å². The third-order valence-corrected chi connectivity index (χ3v) is 2.21. The zero-order valence-electron chi connectivity index (χ0n) is 6.59. The van der Waals surface area contributed by atoms with Crippen molar-refractivity contribution < 1.29 is 18.4 Å². The number of carbonyl (C=O) groups is 2. The van der Waals surface area contributed by atoms with Gasteiger partial charge in [-0.1, -0.05) is 0 Å². The quantitative estimate of drug-likeness (QED) is 0.449. The van der Waals surface area contributed by atoms with Crippen LogP contribution in [0.25, 0.3) is 0 Å². The molecule has 0 aliphatic carbocycles. The zero-order valence-corrected chi connectivity index (χ0v) is 6.59. The second kappa shape index (κ2) is 2.80. The molecule has 1 rings (SSSR count). The van der Waals surface area contributed by atoms with E-state index >= 15 is 0 Å². The van der Waals surface area contributed by atoms with Crippen LogP contribution in [-0.4, -0.2) is 37.1 Å². The molecular weight excluding hydrogens is 168 g/mol. The molecule has 68 valence electrons. The van der Waals surface area contributed by atoms with Crippen LogP contribution in [0, 0.1) is 5.41 Å². The number of hydrogen-bond donors (Lipinski definition) is 0. The van der Waals surface area contributed by atoms with Crippen molar-refractivity contribution in [2.45, 2.75) is 12.8 Å². The molecule has 0 aromatic rings. The third-order valence-electron chi connectivity index (χ3n) is 2.21. The van der Waals surface area contributed by atoms with Crippen molar-refractivity contribution in [2.24, 2.45) is 5.41 Å². The van der Waals surface area contributed by atoms with E-state index in [-0.39, 0.29) is 19.3 Å². The van der Waals surface area contributed by atoms with E-state index in [1.165, 1.54) is 7.05 Å². The van der Waals surface area contributed by atoms with Crippen molar-refractivity contribution in [3.05, 3.63) is 0 Å². The minimum atomic E-state index is -2.90. The average molecular weight is 177 g/mol. The zero-order chi connectivity index (χ0) is 9.35. The Labute approximate surface area is 68.3 Å². The van der Waals surface area contributed by atoms with E-state index in [0.29, 0.717) is 0 Å². The first-order valence-electron chi connectivity index (χ1n) is 3.54. The molecule has 0 spiro atoms. The van der Waals surface area contributed by atoms with Crippen LogP contribution in [0.3, 0.4) is 0 Å².